The Hall–Kier alpha value is -1.55. The first kappa shape index (κ1) is 14.9. The summed E-state index contributed by atoms with van der Waals surface area (Å²) in [4.78, 5) is 4.57. The number of hydrogen-bond donors (Lipinski definition) is 1. The molecule has 0 spiro atoms. The number of halogens is 2. The highest BCUT2D eigenvalue weighted by Gasteiger charge is 2.17. The minimum absolute atomic E-state index is 0.333. The van der Waals surface area contributed by atoms with Crippen molar-refractivity contribution in [1.29, 1.82) is 0 Å². The van der Waals surface area contributed by atoms with Gasteiger partial charge in [0, 0.05) is 18.5 Å². The first-order chi connectivity index (χ1) is 9.58. The van der Waals surface area contributed by atoms with E-state index in [1.165, 1.54) is 12.1 Å². The number of aryl methyl sites for hydroxylation is 1. The SMILES string of the molecule is CCCCn1c(CC)nc(-c2ccc(F)cc2Cl)c1N. The van der Waals surface area contributed by atoms with E-state index in [9.17, 15) is 4.39 Å². The molecule has 5 heteroatoms. The lowest BCUT2D eigenvalue weighted by molar-refractivity contribution is 0.612. The molecule has 3 nitrogen and oxygen atoms in total. The van der Waals surface area contributed by atoms with Crippen molar-refractivity contribution in [2.45, 2.75) is 39.7 Å². The zero-order valence-electron chi connectivity index (χ0n) is 11.8. The fourth-order valence-corrected chi connectivity index (χ4v) is 2.49. The zero-order chi connectivity index (χ0) is 14.7. The van der Waals surface area contributed by atoms with Crippen molar-refractivity contribution in [3.05, 3.63) is 34.9 Å². The van der Waals surface area contributed by atoms with Gasteiger partial charge in [-0.1, -0.05) is 31.9 Å². The molecule has 1 aromatic heterocycles. The minimum Gasteiger partial charge on any atom is -0.383 e. The summed E-state index contributed by atoms with van der Waals surface area (Å²) in [6.07, 6.45) is 2.93. The molecule has 0 aliphatic rings. The summed E-state index contributed by atoms with van der Waals surface area (Å²) in [5.41, 5.74) is 7.53. The summed E-state index contributed by atoms with van der Waals surface area (Å²) in [5, 5.41) is 0.333. The molecule has 0 fully saturated rings. The van der Waals surface area contributed by atoms with Crippen molar-refractivity contribution in [2.24, 2.45) is 0 Å². The zero-order valence-corrected chi connectivity index (χ0v) is 12.5. The number of unbranched alkanes of at least 4 members (excludes halogenated alkanes) is 1. The molecular weight excluding hydrogens is 277 g/mol. The number of anilines is 1. The highest BCUT2D eigenvalue weighted by Crippen LogP contribution is 2.32. The second-order valence-electron chi connectivity index (χ2n) is 4.74. The van der Waals surface area contributed by atoms with E-state index in [2.05, 4.69) is 11.9 Å². The molecule has 0 radical (unpaired) electrons. The van der Waals surface area contributed by atoms with Gasteiger partial charge in [0.1, 0.15) is 23.2 Å². The van der Waals surface area contributed by atoms with Crippen LogP contribution in [0.3, 0.4) is 0 Å². The monoisotopic (exact) mass is 295 g/mol. The first-order valence-corrected chi connectivity index (χ1v) is 7.26. The van der Waals surface area contributed by atoms with Crippen molar-refractivity contribution in [3.63, 3.8) is 0 Å². The van der Waals surface area contributed by atoms with Crippen molar-refractivity contribution in [1.82, 2.24) is 9.55 Å². The van der Waals surface area contributed by atoms with Crippen LogP contribution in [0.15, 0.2) is 18.2 Å². The smallest absolute Gasteiger partial charge is 0.131 e. The van der Waals surface area contributed by atoms with Crippen molar-refractivity contribution >= 4 is 17.4 Å². The fourth-order valence-electron chi connectivity index (χ4n) is 2.23. The number of rotatable bonds is 5. The molecule has 2 aromatic rings. The van der Waals surface area contributed by atoms with Gasteiger partial charge in [-0.15, -0.1) is 0 Å². The van der Waals surface area contributed by atoms with Crippen LogP contribution in [0.4, 0.5) is 10.2 Å². The predicted molar refractivity (Wildman–Crippen MR) is 81.3 cm³/mol. The Kier molecular flexibility index (Phi) is 4.65. The second kappa shape index (κ2) is 6.27. The summed E-state index contributed by atoms with van der Waals surface area (Å²) >= 11 is 6.10. The van der Waals surface area contributed by atoms with Gasteiger partial charge >= 0.3 is 0 Å². The summed E-state index contributed by atoms with van der Waals surface area (Å²) < 4.78 is 15.2. The molecule has 0 bridgehead atoms. The molecule has 108 valence electrons. The number of aromatic nitrogens is 2. The molecule has 1 heterocycles. The maximum Gasteiger partial charge on any atom is 0.131 e. The van der Waals surface area contributed by atoms with E-state index in [1.807, 2.05) is 11.5 Å². The van der Waals surface area contributed by atoms with Crippen LogP contribution in [-0.2, 0) is 13.0 Å². The minimum atomic E-state index is -0.363. The Morgan fingerprint density at radius 3 is 2.70 bits per heavy atom. The fraction of sp³-hybridized carbons (Fsp3) is 0.400. The molecule has 0 aliphatic heterocycles. The molecule has 0 atom stereocenters. The molecule has 1 aromatic carbocycles. The van der Waals surface area contributed by atoms with Crippen LogP contribution in [0.2, 0.25) is 5.02 Å². The van der Waals surface area contributed by atoms with E-state index in [1.54, 1.807) is 6.07 Å². The van der Waals surface area contributed by atoms with Crippen molar-refractivity contribution < 1.29 is 4.39 Å². The van der Waals surface area contributed by atoms with E-state index in [0.717, 1.165) is 31.6 Å². The van der Waals surface area contributed by atoms with Crippen LogP contribution < -0.4 is 5.73 Å². The van der Waals surface area contributed by atoms with E-state index in [0.29, 0.717) is 22.1 Å². The normalized spacial score (nSPS) is 11.0. The lowest BCUT2D eigenvalue weighted by Gasteiger charge is -2.08. The van der Waals surface area contributed by atoms with Crippen LogP contribution >= 0.6 is 11.6 Å². The van der Waals surface area contributed by atoms with Gasteiger partial charge in [0.2, 0.25) is 0 Å². The van der Waals surface area contributed by atoms with Crippen LogP contribution in [-0.4, -0.2) is 9.55 Å². The highest BCUT2D eigenvalue weighted by atomic mass is 35.5. The molecule has 20 heavy (non-hydrogen) atoms. The maximum atomic E-state index is 13.1. The largest absolute Gasteiger partial charge is 0.383 e. The van der Waals surface area contributed by atoms with Crippen LogP contribution in [0.5, 0.6) is 0 Å². The number of benzene rings is 1. The lowest BCUT2D eigenvalue weighted by atomic mass is 10.1. The second-order valence-corrected chi connectivity index (χ2v) is 5.15. The number of nitrogen functional groups attached to an aromatic ring is 1. The Morgan fingerprint density at radius 2 is 2.10 bits per heavy atom. The molecular formula is C15H19ClFN3. The van der Waals surface area contributed by atoms with E-state index >= 15 is 0 Å². The summed E-state index contributed by atoms with van der Waals surface area (Å²) in [6.45, 7) is 5.02. The first-order valence-electron chi connectivity index (χ1n) is 6.88. The van der Waals surface area contributed by atoms with E-state index < -0.39 is 0 Å². The molecule has 0 amide bonds. The molecule has 0 unspecified atom stereocenters. The Morgan fingerprint density at radius 1 is 1.35 bits per heavy atom. The topological polar surface area (TPSA) is 43.8 Å². The summed E-state index contributed by atoms with van der Waals surface area (Å²) in [7, 11) is 0. The van der Waals surface area contributed by atoms with Crippen LogP contribution in [0, 0.1) is 5.82 Å². The highest BCUT2D eigenvalue weighted by molar-refractivity contribution is 6.33. The molecule has 2 N–H and O–H groups in total. The van der Waals surface area contributed by atoms with E-state index in [4.69, 9.17) is 17.3 Å². The van der Waals surface area contributed by atoms with Crippen LogP contribution in [0.25, 0.3) is 11.3 Å². The van der Waals surface area contributed by atoms with Gasteiger partial charge < -0.3 is 10.3 Å². The van der Waals surface area contributed by atoms with Gasteiger partial charge in [-0.2, -0.15) is 0 Å². The summed E-state index contributed by atoms with van der Waals surface area (Å²) in [5.74, 6) is 1.17. The van der Waals surface area contributed by atoms with Crippen molar-refractivity contribution in [3.8, 4) is 11.3 Å². The molecule has 0 saturated carbocycles. The number of nitrogens with two attached hydrogens (primary N) is 1. The van der Waals surface area contributed by atoms with Crippen molar-refractivity contribution in [2.75, 3.05) is 5.73 Å². The lowest BCUT2D eigenvalue weighted by Crippen LogP contribution is -2.06. The average Bonchev–Trinajstić information content (AvgIpc) is 2.73. The van der Waals surface area contributed by atoms with Gasteiger partial charge in [0.25, 0.3) is 0 Å². The average molecular weight is 296 g/mol. The number of hydrogen-bond acceptors (Lipinski definition) is 2. The predicted octanol–water partition coefficient (Wildman–Crippen LogP) is 4.29. The molecule has 0 aliphatic carbocycles. The van der Waals surface area contributed by atoms with Gasteiger partial charge in [-0.25, -0.2) is 9.37 Å². The van der Waals surface area contributed by atoms with Gasteiger partial charge in [-0.05, 0) is 24.6 Å². The van der Waals surface area contributed by atoms with Gasteiger partial charge in [-0.3, -0.25) is 0 Å². The third-order valence-electron chi connectivity index (χ3n) is 3.32. The quantitative estimate of drug-likeness (QED) is 0.894. The molecule has 2 rings (SSSR count). The van der Waals surface area contributed by atoms with Gasteiger partial charge in [0.05, 0.1) is 5.02 Å². The number of nitrogens with zero attached hydrogens (tertiary/aromatic N) is 2. The standard InChI is InChI=1S/C15H19ClFN3/c1-3-5-8-20-13(4-2)19-14(15(20)18)11-7-6-10(17)9-12(11)16/h6-7,9H,3-5,8,18H2,1-2H3. The van der Waals surface area contributed by atoms with Gasteiger partial charge in [0.15, 0.2) is 0 Å². The van der Waals surface area contributed by atoms with E-state index in [-0.39, 0.29) is 5.82 Å². The third kappa shape index (κ3) is 2.80. The molecule has 0 saturated heterocycles. The maximum absolute atomic E-state index is 13.1. The Labute approximate surface area is 123 Å². The number of imidazole rings is 1. The Balaban J connectivity index is 2.49. The third-order valence-corrected chi connectivity index (χ3v) is 3.64. The summed E-state index contributed by atoms with van der Waals surface area (Å²) in [6, 6.07) is 4.28. The van der Waals surface area contributed by atoms with Crippen LogP contribution in [0.1, 0.15) is 32.5 Å². The Bertz CT molecular complexity index is 607.